The number of methoxy groups -OCH3 is 2. The van der Waals surface area contributed by atoms with Gasteiger partial charge in [-0.05, 0) is 35.9 Å². The molecule has 0 bridgehead atoms. The number of nitrogen functional groups attached to an aromatic ring is 1. The number of nitrogens with zero attached hydrogens (tertiary/aromatic N) is 6. The van der Waals surface area contributed by atoms with Gasteiger partial charge in [0.1, 0.15) is 17.1 Å². The van der Waals surface area contributed by atoms with Crippen LogP contribution >= 0.6 is 0 Å². The van der Waals surface area contributed by atoms with Crippen molar-refractivity contribution in [2.24, 2.45) is 0 Å². The van der Waals surface area contributed by atoms with Crippen LogP contribution in [0.1, 0.15) is 5.56 Å². The number of hydrogen-bond acceptors (Lipinski definition) is 7. The Morgan fingerprint density at radius 2 is 1.82 bits per heavy atom. The highest BCUT2D eigenvalue weighted by Gasteiger charge is 2.18. The van der Waals surface area contributed by atoms with Crippen molar-refractivity contribution < 1.29 is 18.3 Å². The molecule has 0 aliphatic heterocycles. The Balaban J connectivity index is 1.51. The van der Waals surface area contributed by atoms with E-state index in [0.717, 1.165) is 28.1 Å². The molecule has 0 atom stereocenters. The number of ether oxygens (including phenoxy) is 2. The quantitative estimate of drug-likeness (QED) is 0.384. The van der Waals surface area contributed by atoms with Crippen LogP contribution in [0.25, 0.3) is 28.0 Å². The number of benzene rings is 2. The molecule has 0 aliphatic carbocycles. The van der Waals surface area contributed by atoms with Crippen LogP contribution in [0.2, 0.25) is 0 Å². The molecular weight excluding hydrogens is 444 g/mol. The Morgan fingerprint density at radius 1 is 1.03 bits per heavy atom. The lowest BCUT2D eigenvalue weighted by Crippen LogP contribution is -2.05. The number of halogens is 2. The summed E-state index contributed by atoms with van der Waals surface area (Å²) in [6.07, 6.45) is 2.99. The number of fused-ring (bicyclic) bond motifs is 1. The fourth-order valence-electron chi connectivity index (χ4n) is 3.61. The third-order valence-electron chi connectivity index (χ3n) is 5.35. The van der Waals surface area contributed by atoms with E-state index in [4.69, 9.17) is 15.2 Å². The lowest BCUT2D eigenvalue weighted by atomic mass is 10.2. The highest BCUT2D eigenvalue weighted by atomic mass is 19.1. The van der Waals surface area contributed by atoms with Crippen molar-refractivity contribution in [3.63, 3.8) is 0 Å². The zero-order valence-electron chi connectivity index (χ0n) is 18.2. The van der Waals surface area contributed by atoms with Gasteiger partial charge in [0, 0.05) is 11.8 Å². The molecule has 0 aliphatic rings. The molecule has 3 heterocycles. The van der Waals surface area contributed by atoms with Crippen LogP contribution < -0.4 is 15.2 Å². The molecule has 34 heavy (non-hydrogen) atoms. The topological polar surface area (TPSA) is 106 Å². The van der Waals surface area contributed by atoms with Gasteiger partial charge in [-0.15, -0.1) is 10.2 Å². The van der Waals surface area contributed by atoms with Crippen LogP contribution in [-0.2, 0) is 6.54 Å². The van der Waals surface area contributed by atoms with Crippen molar-refractivity contribution in [3.8, 4) is 28.6 Å². The second kappa shape index (κ2) is 8.43. The van der Waals surface area contributed by atoms with Gasteiger partial charge in [-0.2, -0.15) is 0 Å². The number of hydrogen-bond donors (Lipinski definition) is 1. The van der Waals surface area contributed by atoms with Crippen LogP contribution in [0.3, 0.4) is 0 Å². The van der Waals surface area contributed by atoms with Crippen molar-refractivity contribution in [2.45, 2.75) is 6.54 Å². The summed E-state index contributed by atoms with van der Waals surface area (Å²) in [7, 11) is 3.14. The van der Waals surface area contributed by atoms with Crippen molar-refractivity contribution in [1.29, 1.82) is 0 Å². The predicted octanol–water partition coefficient (Wildman–Crippen LogP) is 3.60. The molecule has 0 spiro atoms. The fourth-order valence-corrected chi connectivity index (χ4v) is 3.61. The lowest BCUT2D eigenvalue weighted by molar-refractivity contribution is 0.394. The van der Waals surface area contributed by atoms with Crippen molar-refractivity contribution >= 4 is 16.7 Å². The normalized spacial score (nSPS) is 11.2. The molecule has 0 unspecified atom stereocenters. The van der Waals surface area contributed by atoms with Crippen LogP contribution in [0.15, 0.2) is 54.9 Å². The molecule has 0 fully saturated rings. The molecule has 3 aromatic heterocycles. The molecule has 2 N–H and O–H groups in total. The van der Waals surface area contributed by atoms with Gasteiger partial charge in [0.15, 0.2) is 17.3 Å². The maximum absolute atomic E-state index is 14.4. The van der Waals surface area contributed by atoms with E-state index < -0.39 is 17.3 Å². The Hall–Kier alpha value is -4.54. The van der Waals surface area contributed by atoms with E-state index >= 15 is 0 Å². The first-order valence-corrected chi connectivity index (χ1v) is 10.2. The molecule has 2 aromatic carbocycles. The highest BCUT2D eigenvalue weighted by molar-refractivity contribution is 5.85. The zero-order chi connectivity index (χ0) is 23.8. The first-order chi connectivity index (χ1) is 16.5. The lowest BCUT2D eigenvalue weighted by Gasteiger charge is -2.05. The summed E-state index contributed by atoms with van der Waals surface area (Å²) in [5.74, 6) is -0.566. The SMILES string of the molecule is COc1ccc(Cn2nc(OC)c3cc(-c4cn(-c5c(F)ccc(N)c5F)nn4)cnc32)cc1. The minimum Gasteiger partial charge on any atom is -0.497 e. The molecule has 0 radical (unpaired) electrons. The van der Waals surface area contributed by atoms with Gasteiger partial charge >= 0.3 is 0 Å². The van der Waals surface area contributed by atoms with Crippen LogP contribution in [0.5, 0.6) is 11.6 Å². The molecule has 0 saturated carbocycles. The standard InChI is InChI=1S/C23H19F2N7O2/c1-33-15-5-3-13(4-6-15)11-32-22-16(23(29-32)34-2)9-14(10-27-22)19-12-31(30-28-19)21-17(24)7-8-18(26)20(21)25/h3-10,12H,11,26H2,1-2H3. The van der Waals surface area contributed by atoms with Gasteiger partial charge in [0.05, 0.1) is 38.0 Å². The molecule has 0 amide bonds. The number of aromatic nitrogens is 6. The van der Waals surface area contributed by atoms with E-state index in [0.29, 0.717) is 34.7 Å². The summed E-state index contributed by atoms with van der Waals surface area (Å²) in [4.78, 5) is 4.54. The minimum atomic E-state index is -0.911. The Morgan fingerprint density at radius 3 is 2.56 bits per heavy atom. The van der Waals surface area contributed by atoms with Gasteiger partial charge < -0.3 is 15.2 Å². The Bertz CT molecular complexity index is 1500. The summed E-state index contributed by atoms with van der Waals surface area (Å²) in [6.45, 7) is 0.473. The van der Waals surface area contributed by atoms with Crippen molar-refractivity contribution in [3.05, 3.63) is 72.1 Å². The average Bonchev–Trinajstić information content (AvgIpc) is 3.47. The second-order valence-corrected chi connectivity index (χ2v) is 7.46. The predicted molar refractivity (Wildman–Crippen MR) is 121 cm³/mol. The van der Waals surface area contributed by atoms with Gasteiger partial charge in [-0.1, -0.05) is 17.3 Å². The van der Waals surface area contributed by atoms with Crippen LogP contribution in [-0.4, -0.2) is 44.0 Å². The molecule has 0 saturated heterocycles. The second-order valence-electron chi connectivity index (χ2n) is 7.46. The molecule has 172 valence electrons. The third kappa shape index (κ3) is 3.66. The Kier molecular flexibility index (Phi) is 5.28. The van der Waals surface area contributed by atoms with E-state index in [9.17, 15) is 8.78 Å². The molecule has 5 rings (SSSR count). The summed E-state index contributed by atoms with van der Waals surface area (Å²) in [5, 5.41) is 13.1. The number of pyridine rings is 1. The highest BCUT2D eigenvalue weighted by Crippen LogP contribution is 2.29. The molecule has 9 nitrogen and oxygen atoms in total. The first-order valence-electron chi connectivity index (χ1n) is 10.2. The van der Waals surface area contributed by atoms with E-state index in [-0.39, 0.29) is 5.69 Å². The van der Waals surface area contributed by atoms with E-state index in [1.807, 2.05) is 24.3 Å². The van der Waals surface area contributed by atoms with Gasteiger partial charge in [0.2, 0.25) is 5.88 Å². The van der Waals surface area contributed by atoms with E-state index in [1.54, 1.807) is 24.1 Å². The fraction of sp³-hybridized carbons (Fsp3) is 0.130. The van der Waals surface area contributed by atoms with Crippen LogP contribution in [0.4, 0.5) is 14.5 Å². The zero-order valence-corrected chi connectivity index (χ0v) is 18.2. The van der Waals surface area contributed by atoms with Gasteiger partial charge in [0.25, 0.3) is 0 Å². The molecular formula is C23H19F2N7O2. The number of anilines is 1. The number of nitrogens with two attached hydrogens (primary N) is 1. The van der Waals surface area contributed by atoms with Crippen molar-refractivity contribution in [1.82, 2.24) is 29.8 Å². The van der Waals surface area contributed by atoms with E-state index in [1.165, 1.54) is 13.3 Å². The smallest absolute Gasteiger partial charge is 0.242 e. The summed E-state index contributed by atoms with van der Waals surface area (Å²) in [6, 6.07) is 11.7. The van der Waals surface area contributed by atoms with Crippen LogP contribution in [0, 0.1) is 11.6 Å². The van der Waals surface area contributed by atoms with Gasteiger partial charge in [-0.25, -0.2) is 23.1 Å². The molecule has 5 aromatic rings. The number of rotatable bonds is 6. The maximum atomic E-state index is 14.4. The third-order valence-corrected chi connectivity index (χ3v) is 5.35. The minimum absolute atomic E-state index is 0.189. The summed E-state index contributed by atoms with van der Waals surface area (Å²) < 4.78 is 42.0. The van der Waals surface area contributed by atoms with E-state index in [2.05, 4.69) is 20.4 Å². The Labute approximate surface area is 192 Å². The first kappa shape index (κ1) is 21.3. The summed E-state index contributed by atoms with van der Waals surface area (Å²) >= 11 is 0. The maximum Gasteiger partial charge on any atom is 0.242 e. The van der Waals surface area contributed by atoms with Crippen molar-refractivity contribution in [2.75, 3.05) is 20.0 Å². The monoisotopic (exact) mass is 463 g/mol. The largest absolute Gasteiger partial charge is 0.497 e. The summed E-state index contributed by atoms with van der Waals surface area (Å²) in [5.41, 5.74) is 7.53. The molecule has 11 heteroatoms. The van der Waals surface area contributed by atoms with Gasteiger partial charge in [-0.3, -0.25) is 0 Å². The average molecular weight is 463 g/mol.